The van der Waals surface area contributed by atoms with Crippen molar-refractivity contribution in [2.75, 3.05) is 13.7 Å². The highest BCUT2D eigenvalue weighted by molar-refractivity contribution is 5.75. The number of aryl methyl sites for hydroxylation is 2. The summed E-state index contributed by atoms with van der Waals surface area (Å²) in [5.41, 5.74) is 7.82. The molecule has 0 heterocycles. The zero-order valence-corrected chi connectivity index (χ0v) is 10.5. The maximum atomic E-state index is 11.1. The average Bonchev–Trinajstić information content (AvgIpc) is 2.32. The zero-order valence-electron chi connectivity index (χ0n) is 10.5. The van der Waals surface area contributed by atoms with Gasteiger partial charge in [0.25, 0.3) is 0 Å². The van der Waals surface area contributed by atoms with E-state index in [4.69, 9.17) is 10.5 Å². The van der Waals surface area contributed by atoms with Crippen molar-refractivity contribution in [3.63, 3.8) is 0 Å². The van der Waals surface area contributed by atoms with Gasteiger partial charge in [0.05, 0.1) is 13.7 Å². The molecule has 0 saturated heterocycles. The predicted octanol–water partition coefficient (Wildman–Crippen LogP) is 1.57. The maximum absolute atomic E-state index is 11.1. The number of carbonyl (C=O) groups is 1. The summed E-state index contributed by atoms with van der Waals surface area (Å²) in [6.45, 7) is 4.39. The molecule has 0 radical (unpaired) electrons. The van der Waals surface area contributed by atoms with Gasteiger partial charge in [-0.3, -0.25) is 4.79 Å². The number of hydrogen-bond acceptors (Lipinski definition) is 4. The van der Waals surface area contributed by atoms with Crippen LogP contribution in [0.15, 0.2) is 18.2 Å². The first kappa shape index (κ1) is 13.5. The molecule has 0 amide bonds. The molecule has 1 aromatic carbocycles. The molecule has 1 aromatic rings. The summed E-state index contributed by atoms with van der Waals surface area (Å²) >= 11 is 0. The van der Waals surface area contributed by atoms with Crippen molar-refractivity contribution in [1.82, 2.24) is 0 Å². The zero-order chi connectivity index (χ0) is 12.8. The van der Waals surface area contributed by atoms with Crippen LogP contribution in [0.25, 0.3) is 0 Å². The van der Waals surface area contributed by atoms with Crippen molar-refractivity contribution in [1.29, 1.82) is 0 Å². The van der Waals surface area contributed by atoms with Crippen molar-refractivity contribution in [3.8, 4) is 5.75 Å². The molecule has 1 unspecified atom stereocenters. The number of esters is 1. The lowest BCUT2D eigenvalue weighted by atomic mass is 10.1. The van der Waals surface area contributed by atoms with Crippen molar-refractivity contribution < 1.29 is 14.3 Å². The van der Waals surface area contributed by atoms with Crippen LogP contribution in [0.2, 0.25) is 0 Å². The molecular weight excluding hydrogens is 218 g/mol. The number of carbonyl (C=O) groups excluding carboxylic acids is 1. The average molecular weight is 237 g/mol. The lowest BCUT2D eigenvalue weighted by Crippen LogP contribution is -2.33. The fourth-order valence-electron chi connectivity index (χ4n) is 1.43. The van der Waals surface area contributed by atoms with E-state index in [0.717, 1.165) is 16.9 Å². The molecule has 0 aliphatic rings. The molecule has 0 bridgehead atoms. The van der Waals surface area contributed by atoms with Gasteiger partial charge < -0.3 is 15.2 Å². The van der Waals surface area contributed by atoms with E-state index in [1.165, 1.54) is 7.11 Å². The Bertz CT molecular complexity index is 390. The fraction of sp³-hybridized carbons (Fsp3) is 0.462. The van der Waals surface area contributed by atoms with Crippen LogP contribution in [0.4, 0.5) is 0 Å². The summed E-state index contributed by atoms with van der Waals surface area (Å²) in [6.07, 6.45) is 0.444. The van der Waals surface area contributed by atoms with Crippen LogP contribution in [0.3, 0.4) is 0 Å². The standard InChI is InChI=1S/C13H19NO3/c1-9-4-5-10(2)12(8-9)17-7-6-11(14)13(15)16-3/h4-5,8,11H,6-7,14H2,1-3H3. The second kappa shape index (κ2) is 6.25. The molecule has 17 heavy (non-hydrogen) atoms. The van der Waals surface area contributed by atoms with Gasteiger partial charge in [0, 0.05) is 6.42 Å². The van der Waals surface area contributed by atoms with Gasteiger partial charge in [-0.25, -0.2) is 0 Å². The minimum atomic E-state index is -0.620. The lowest BCUT2D eigenvalue weighted by Gasteiger charge is -2.12. The normalized spacial score (nSPS) is 12.0. The number of benzene rings is 1. The van der Waals surface area contributed by atoms with E-state index < -0.39 is 12.0 Å². The second-order valence-electron chi connectivity index (χ2n) is 4.04. The Hall–Kier alpha value is -1.55. The van der Waals surface area contributed by atoms with Crippen molar-refractivity contribution >= 4 is 5.97 Å². The third-order valence-corrected chi connectivity index (χ3v) is 2.53. The Morgan fingerprint density at radius 3 is 2.76 bits per heavy atom. The van der Waals surface area contributed by atoms with Crippen LogP contribution in [0.5, 0.6) is 5.75 Å². The fourth-order valence-corrected chi connectivity index (χ4v) is 1.43. The monoisotopic (exact) mass is 237 g/mol. The summed E-state index contributed by atoms with van der Waals surface area (Å²) in [4.78, 5) is 11.1. The summed E-state index contributed by atoms with van der Waals surface area (Å²) < 4.78 is 10.1. The first-order valence-electron chi connectivity index (χ1n) is 5.58. The van der Waals surface area contributed by atoms with Crippen molar-refractivity contribution in [3.05, 3.63) is 29.3 Å². The van der Waals surface area contributed by atoms with Crippen LogP contribution in [0, 0.1) is 13.8 Å². The van der Waals surface area contributed by atoms with Crippen LogP contribution < -0.4 is 10.5 Å². The first-order chi connectivity index (χ1) is 8.04. The molecule has 4 nitrogen and oxygen atoms in total. The SMILES string of the molecule is COC(=O)C(N)CCOc1cc(C)ccc1C. The summed E-state index contributed by atoms with van der Waals surface area (Å²) in [6, 6.07) is 5.39. The quantitative estimate of drug-likeness (QED) is 0.790. The molecule has 4 heteroatoms. The number of nitrogens with two attached hydrogens (primary N) is 1. The van der Waals surface area contributed by atoms with Crippen LogP contribution in [-0.2, 0) is 9.53 Å². The Morgan fingerprint density at radius 1 is 1.41 bits per heavy atom. The van der Waals surface area contributed by atoms with E-state index >= 15 is 0 Å². The number of hydrogen-bond donors (Lipinski definition) is 1. The Kier molecular flexibility index (Phi) is 4.97. The highest BCUT2D eigenvalue weighted by atomic mass is 16.5. The van der Waals surface area contributed by atoms with Gasteiger partial charge in [-0.15, -0.1) is 0 Å². The molecule has 94 valence electrons. The minimum Gasteiger partial charge on any atom is -0.493 e. The highest BCUT2D eigenvalue weighted by Crippen LogP contribution is 2.19. The molecular formula is C13H19NO3. The third-order valence-electron chi connectivity index (χ3n) is 2.53. The van der Waals surface area contributed by atoms with Gasteiger partial charge in [0.1, 0.15) is 11.8 Å². The Morgan fingerprint density at radius 2 is 2.12 bits per heavy atom. The van der Waals surface area contributed by atoms with Crippen LogP contribution in [0.1, 0.15) is 17.5 Å². The molecule has 0 saturated carbocycles. The van der Waals surface area contributed by atoms with Gasteiger partial charge in [-0.2, -0.15) is 0 Å². The maximum Gasteiger partial charge on any atom is 0.322 e. The van der Waals surface area contributed by atoms with E-state index in [9.17, 15) is 4.79 Å². The van der Waals surface area contributed by atoms with E-state index in [1.54, 1.807) is 0 Å². The molecule has 0 aliphatic heterocycles. The largest absolute Gasteiger partial charge is 0.493 e. The van der Waals surface area contributed by atoms with E-state index in [2.05, 4.69) is 4.74 Å². The second-order valence-corrected chi connectivity index (χ2v) is 4.04. The van der Waals surface area contributed by atoms with Gasteiger partial charge in [-0.05, 0) is 31.0 Å². The van der Waals surface area contributed by atoms with Crippen LogP contribution in [-0.4, -0.2) is 25.7 Å². The highest BCUT2D eigenvalue weighted by Gasteiger charge is 2.13. The molecule has 1 atom stereocenters. The lowest BCUT2D eigenvalue weighted by molar-refractivity contribution is -0.142. The molecule has 0 spiro atoms. The third kappa shape index (κ3) is 4.07. The van der Waals surface area contributed by atoms with Crippen molar-refractivity contribution in [2.45, 2.75) is 26.3 Å². The van der Waals surface area contributed by atoms with E-state index in [0.29, 0.717) is 13.0 Å². The van der Waals surface area contributed by atoms with E-state index in [-0.39, 0.29) is 0 Å². The molecule has 0 aromatic heterocycles. The molecule has 0 fully saturated rings. The number of ether oxygens (including phenoxy) is 2. The van der Waals surface area contributed by atoms with Gasteiger partial charge in [0.15, 0.2) is 0 Å². The summed E-state index contributed by atoms with van der Waals surface area (Å²) in [5.74, 6) is 0.427. The first-order valence-corrected chi connectivity index (χ1v) is 5.58. The van der Waals surface area contributed by atoms with Crippen molar-refractivity contribution in [2.24, 2.45) is 5.73 Å². The molecule has 2 N–H and O–H groups in total. The van der Waals surface area contributed by atoms with Gasteiger partial charge in [0.2, 0.25) is 0 Å². The predicted molar refractivity (Wildman–Crippen MR) is 66.0 cm³/mol. The van der Waals surface area contributed by atoms with E-state index in [1.807, 2.05) is 32.0 Å². The number of rotatable bonds is 5. The topological polar surface area (TPSA) is 61.5 Å². The summed E-state index contributed by atoms with van der Waals surface area (Å²) in [5, 5.41) is 0. The Balaban J connectivity index is 2.45. The minimum absolute atomic E-state index is 0.403. The van der Waals surface area contributed by atoms with Gasteiger partial charge in [-0.1, -0.05) is 12.1 Å². The Labute approximate surface area is 102 Å². The number of methoxy groups -OCH3 is 1. The molecule has 0 aliphatic carbocycles. The van der Waals surface area contributed by atoms with Gasteiger partial charge >= 0.3 is 5.97 Å². The smallest absolute Gasteiger partial charge is 0.322 e. The molecule has 1 rings (SSSR count). The summed E-state index contributed by atoms with van der Waals surface area (Å²) in [7, 11) is 1.33. The van der Waals surface area contributed by atoms with Crippen LogP contribution >= 0.6 is 0 Å².